The van der Waals surface area contributed by atoms with Gasteiger partial charge < -0.3 is 9.88 Å². The van der Waals surface area contributed by atoms with Crippen LogP contribution in [0, 0.1) is 6.92 Å². The number of aromatic nitrogens is 3. The van der Waals surface area contributed by atoms with Gasteiger partial charge in [-0.05, 0) is 36.6 Å². The molecule has 0 saturated carbocycles. The van der Waals surface area contributed by atoms with E-state index in [1.54, 1.807) is 22.2 Å². The molecule has 1 amide bonds. The highest BCUT2D eigenvalue weighted by molar-refractivity contribution is 5.88. The van der Waals surface area contributed by atoms with Crippen molar-refractivity contribution >= 4 is 22.5 Å². The number of aryl methyl sites for hydroxylation is 3. The molecule has 0 atom stereocenters. The number of hydrogen-bond acceptors (Lipinski definition) is 3. The number of fused-ring (bicyclic) bond motifs is 1. The summed E-state index contributed by atoms with van der Waals surface area (Å²) in [6.07, 6.45) is 0.715. The van der Waals surface area contributed by atoms with Crippen LogP contribution in [0.15, 0.2) is 70.3 Å². The highest BCUT2D eigenvalue weighted by Gasteiger charge is 2.14. The summed E-state index contributed by atoms with van der Waals surface area (Å²) in [4.78, 5) is 37.1. The lowest BCUT2D eigenvalue weighted by molar-refractivity contribution is -0.114. The molecule has 2 heterocycles. The van der Waals surface area contributed by atoms with E-state index < -0.39 is 0 Å². The van der Waals surface area contributed by atoms with Crippen molar-refractivity contribution in [1.82, 2.24) is 14.3 Å². The number of rotatable bonds is 6. The first-order chi connectivity index (χ1) is 14.9. The third-order valence-corrected chi connectivity index (χ3v) is 5.34. The Morgan fingerprint density at radius 3 is 2.48 bits per heavy atom. The quantitative estimate of drug-likeness (QED) is 0.506. The van der Waals surface area contributed by atoms with Crippen LogP contribution < -0.4 is 16.4 Å². The smallest absolute Gasteiger partial charge is 0.276 e. The number of amides is 1. The maximum Gasteiger partial charge on any atom is 0.276 e. The number of nitrogens with zero attached hydrogens (tertiary/aromatic N) is 2. The topological polar surface area (TPSA) is 88.9 Å². The summed E-state index contributed by atoms with van der Waals surface area (Å²) in [5.41, 5.74) is 3.51. The van der Waals surface area contributed by atoms with E-state index in [4.69, 9.17) is 0 Å². The molecule has 31 heavy (non-hydrogen) atoms. The Hall–Kier alpha value is -3.87. The largest absolute Gasteiger partial charge is 0.326 e. The SMILES string of the molecule is CC(=O)Nc1cccc(Cn2c(C)c3c(=O)n(CCc4ccccc4)[nH]c3cc2=O)c1. The molecule has 158 valence electrons. The van der Waals surface area contributed by atoms with Gasteiger partial charge in [0.25, 0.3) is 11.1 Å². The predicted octanol–water partition coefficient (Wildman–Crippen LogP) is 3.05. The van der Waals surface area contributed by atoms with Crippen LogP contribution in [0.5, 0.6) is 0 Å². The Morgan fingerprint density at radius 1 is 1.00 bits per heavy atom. The third-order valence-electron chi connectivity index (χ3n) is 5.34. The van der Waals surface area contributed by atoms with Gasteiger partial charge in [0.2, 0.25) is 5.91 Å². The molecule has 0 aliphatic carbocycles. The normalized spacial score (nSPS) is 11.0. The summed E-state index contributed by atoms with van der Waals surface area (Å²) >= 11 is 0. The number of aromatic amines is 1. The number of pyridine rings is 1. The molecule has 0 saturated heterocycles. The molecule has 0 spiro atoms. The molecule has 2 aromatic heterocycles. The Labute approximate surface area is 178 Å². The standard InChI is InChI=1S/C24H24N4O3/c1-16-23-21(26-28(24(23)31)12-11-18-7-4-3-5-8-18)14-22(30)27(16)15-19-9-6-10-20(13-19)25-17(2)29/h3-10,13-14,26H,11-12,15H2,1-2H3,(H,25,29). The van der Waals surface area contributed by atoms with Gasteiger partial charge in [0, 0.05) is 30.9 Å². The number of carbonyl (C=O) groups excluding carboxylic acids is 1. The minimum atomic E-state index is -0.189. The third kappa shape index (κ3) is 4.35. The maximum atomic E-state index is 13.0. The molecule has 0 aliphatic rings. The first-order valence-electron chi connectivity index (χ1n) is 10.2. The molecule has 0 radical (unpaired) electrons. The van der Waals surface area contributed by atoms with Crippen LogP contribution in [-0.4, -0.2) is 20.3 Å². The van der Waals surface area contributed by atoms with Crippen molar-refractivity contribution in [2.24, 2.45) is 0 Å². The van der Waals surface area contributed by atoms with Crippen molar-refractivity contribution < 1.29 is 4.79 Å². The maximum absolute atomic E-state index is 13.0. The predicted molar refractivity (Wildman–Crippen MR) is 122 cm³/mol. The number of anilines is 1. The van der Waals surface area contributed by atoms with Crippen molar-refractivity contribution in [2.45, 2.75) is 33.4 Å². The summed E-state index contributed by atoms with van der Waals surface area (Å²) in [5.74, 6) is -0.157. The van der Waals surface area contributed by atoms with Gasteiger partial charge in [-0.1, -0.05) is 42.5 Å². The van der Waals surface area contributed by atoms with E-state index in [1.807, 2.05) is 48.5 Å². The number of nitrogens with one attached hydrogen (secondary N) is 2. The minimum absolute atomic E-state index is 0.135. The van der Waals surface area contributed by atoms with Crippen LogP contribution >= 0.6 is 0 Å². The highest BCUT2D eigenvalue weighted by atomic mass is 16.1. The second-order valence-corrected chi connectivity index (χ2v) is 7.63. The van der Waals surface area contributed by atoms with E-state index in [-0.39, 0.29) is 17.0 Å². The molecule has 0 bridgehead atoms. The fourth-order valence-electron chi connectivity index (χ4n) is 3.83. The lowest BCUT2D eigenvalue weighted by Crippen LogP contribution is -2.24. The van der Waals surface area contributed by atoms with E-state index >= 15 is 0 Å². The Kier molecular flexibility index (Phi) is 5.58. The van der Waals surface area contributed by atoms with Gasteiger partial charge in [0.1, 0.15) is 0 Å². The Morgan fingerprint density at radius 2 is 1.74 bits per heavy atom. The zero-order valence-electron chi connectivity index (χ0n) is 17.5. The van der Waals surface area contributed by atoms with Crippen molar-refractivity contribution in [2.75, 3.05) is 5.32 Å². The van der Waals surface area contributed by atoms with Gasteiger partial charge in [-0.3, -0.25) is 24.2 Å². The molecule has 2 aromatic carbocycles. The molecule has 0 unspecified atom stereocenters. The van der Waals surface area contributed by atoms with E-state index in [0.29, 0.717) is 41.8 Å². The number of benzene rings is 2. The van der Waals surface area contributed by atoms with Crippen molar-refractivity contribution in [3.05, 3.63) is 98.2 Å². The van der Waals surface area contributed by atoms with Crippen LogP contribution in [0.1, 0.15) is 23.7 Å². The second kappa shape index (κ2) is 8.47. The molecule has 4 rings (SSSR count). The van der Waals surface area contributed by atoms with Crippen molar-refractivity contribution in [1.29, 1.82) is 0 Å². The zero-order valence-corrected chi connectivity index (χ0v) is 17.5. The van der Waals surface area contributed by atoms with Gasteiger partial charge in [-0.15, -0.1) is 0 Å². The molecule has 0 aliphatic heterocycles. The van der Waals surface area contributed by atoms with E-state index in [2.05, 4.69) is 10.4 Å². The fourth-order valence-corrected chi connectivity index (χ4v) is 3.83. The first-order valence-corrected chi connectivity index (χ1v) is 10.2. The van der Waals surface area contributed by atoms with Crippen LogP contribution in [0.4, 0.5) is 5.69 Å². The fraction of sp³-hybridized carbons (Fsp3) is 0.208. The number of carbonyl (C=O) groups is 1. The lowest BCUT2D eigenvalue weighted by atomic mass is 10.1. The highest BCUT2D eigenvalue weighted by Crippen LogP contribution is 2.15. The van der Waals surface area contributed by atoms with Gasteiger partial charge in [0.05, 0.1) is 17.4 Å². The molecular weight excluding hydrogens is 392 g/mol. The summed E-state index contributed by atoms with van der Waals surface area (Å²) in [6, 6.07) is 18.8. The second-order valence-electron chi connectivity index (χ2n) is 7.63. The molecule has 7 nitrogen and oxygen atoms in total. The Bertz CT molecular complexity index is 1360. The van der Waals surface area contributed by atoms with Gasteiger partial charge in [0.15, 0.2) is 0 Å². The summed E-state index contributed by atoms with van der Waals surface area (Å²) < 4.78 is 3.15. The zero-order chi connectivity index (χ0) is 22.0. The summed E-state index contributed by atoms with van der Waals surface area (Å²) in [5, 5.41) is 6.35. The summed E-state index contributed by atoms with van der Waals surface area (Å²) in [6.45, 7) is 4.05. The van der Waals surface area contributed by atoms with Gasteiger partial charge >= 0.3 is 0 Å². The first kappa shape index (κ1) is 20.4. The van der Waals surface area contributed by atoms with Gasteiger partial charge in [-0.25, -0.2) is 0 Å². The summed E-state index contributed by atoms with van der Waals surface area (Å²) in [7, 11) is 0. The average Bonchev–Trinajstić information content (AvgIpc) is 3.05. The number of H-pyrrole nitrogens is 1. The van der Waals surface area contributed by atoms with Gasteiger partial charge in [-0.2, -0.15) is 0 Å². The monoisotopic (exact) mass is 416 g/mol. The Balaban J connectivity index is 1.66. The van der Waals surface area contributed by atoms with E-state index in [1.165, 1.54) is 13.0 Å². The van der Waals surface area contributed by atoms with E-state index in [0.717, 1.165) is 11.1 Å². The molecule has 7 heteroatoms. The minimum Gasteiger partial charge on any atom is -0.326 e. The van der Waals surface area contributed by atoms with Crippen LogP contribution in [0.3, 0.4) is 0 Å². The van der Waals surface area contributed by atoms with E-state index in [9.17, 15) is 14.4 Å². The molecule has 2 N–H and O–H groups in total. The molecule has 0 fully saturated rings. The van der Waals surface area contributed by atoms with Crippen LogP contribution in [-0.2, 0) is 24.3 Å². The average molecular weight is 416 g/mol. The lowest BCUT2D eigenvalue weighted by Gasteiger charge is -2.11. The van der Waals surface area contributed by atoms with Crippen molar-refractivity contribution in [3.8, 4) is 0 Å². The van der Waals surface area contributed by atoms with Crippen LogP contribution in [0.2, 0.25) is 0 Å². The molecular formula is C24H24N4O3. The van der Waals surface area contributed by atoms with Crippen molar-refractivity contribution in [3.63, 3.8) is 0 Å². The number of hydrogen-bond donors (Lipinski definition) is 2. The van der Waals surface area contributed by atoms with Crippen LogP contribution in [0.25, 0.3) is 10.9 Å². The molecule has 4 aromatic rings.